The number of fused-ring (bicyclic) bond motifs is 3. The lowest BCUT2D eigenvalue weighted by Gasteiger charge is -2.40. The van der Waals surface area contributed by atoms with Gasteiger partial charge in [0.2, 0.25) is 0 Å². The first-order chi connectivity index (χ1) is 32.7. The Balaban J connectivity index is 0.799. The molecule has 338 valence electrons. The van der Waals surface area contributed by atoms with Crippen LogP contribution in [0.4, 0.5) is 5.69 Å². The van der Waals surface area contributed by atoms with E-state index in [9.17, 15) is 0 Å². The van der Waals surface area contributed by atoms with Crippen LogP contribution in [0.15, 0.2) is 202 Å². The summed E-state index contributed by atoms with van der Waals surface area (Å²) in [6, 6.07) is 10.4. The fourth-order valence-electron chi connectivity index (χ4n) is 14.2. The Hall–Kier alpha value is -4.92. The Bertz CT molecular complexity index is 2520. The average Bonchev–Trinajstić information content (AvgIpc) is 3.78. The van der Waals surface area contributed by atoms with Crippen LogP contribution >= 0.6 is 0 Å². The molecule has 1 aromatic rings. The Morgan fingerprint density at radius 1 is 0.591 bits per heavy atom. The van der Waals surface area contributed by atoms with Crippen LogP contribution in [0, 0.1) is 35.5 Å². The second-order valence-corrected chi connectivity index (χ2v) is 21.5. The van der Waals surface area contributed by atoms with Crippen LogP contribution in [0.1, 0.15) is 127 Å². The summed E-state index contributed by atoms with van der Waals surface area (Å²) in [5.41, 5.74) is 17.3. The fraction of sp³-hybridized carbons (Fsp3) is 0.438. The van der Waals surface area contributed by atoms with Crippen molar-refractivity contribution in [2.75, 3.05) is 4.90 Å². The van der Waals surface area contributed by atoms with Gasteiger partial charge < -0.3 is 9.64 Å². The minimum atomic E-state index is 0.173. The first-order valence-corrected chi connectivity index (χ1v) is 26.6. The van der Waals surface area contributed by atoms with Crippen LogP contribution in [0.5, 0.6) is 0 Å². The summed E-state index contributed by atoms with van der Waals surface area (Å²) in [5, 5.41) is 0. The summed E-state index contributed by atoms with van der Waals surface area (Å²) in [7, 11) is 0. The van der Waals surface area contributed by atoms with E-state index in [1.807, 2.05) is 11.1 Å². The zero-order chi connectivity index (χ0) is 43.8. The van der Waals surface area contributed by atoms with E-state index in [1.54, 1.807) is 11.1 Å². The fourth-order valence-corrected chi connectivity index (χ4v) is 14.2. The third-order valence-corrected chi connectivity index (χ3v) is 17.8. The molecule has 0 amide bonds. The van der Waals surface area contributed by atoms with Crippen molar-refractivity contribution >= 4 is 5.69 Å². The third kappa shape index (κ3) is 8.39. The maximum absolute atomic E-state index is 6.88. The van der Waals surface area contributed by atoms with Crippen LogP contribution in [-0.2, 0) is 4.74 Å². The van der Waals surface area contributed by atoms with E-state index in [2.05, 4.69) is 157 Å². The quantitative estimate of drug-likeness (QED) is 0.229. The molecule has 66 heavy (non-hydrogen) atoms. The van der Waals surface area contributed by atoms with Gasteiger partial charge in [-0.15, -0.1) is 0 Å². The van der Waals surface area contributed by atoms with Gasteiger partial charge in [0.05, 0.1) is 12.2 Å². The van der Waals surface area contributed by atoms with Gasteiger partial charge in [0.15, 0.2) is 0 Å². The van der Waals surface area contributed by atoms with Gasteiger partial charge in [-0.2, -0.15) is 0 Å². The maximum atomic E-state index is 6.88. The van der Waals surface area contributed by atoms with Crippen LogP contribution in [0.25, 0.3) is 0 Å². The van der Waals surface area contributed by atoms with Crippen molar-refractivity contribution in [1.82, 2.24) is 0 Å². The lowest BCUT2D eigenvalue weighted by molar-refractivity contribution is 0.0740. The van der Waals surface area contributed by atoms with Gasteiger partial charge in [-0.3, -0.25) is 0 Å². The molecule has 11 aliphatic rings. The average molecular weight is 870 g/mol. The van der Waals surface area contributed by atoms with Crippen molar-refractivity contribution in [3.8, 4) is 0 Å². The van der Waals surface area contributed by atoms with Crippen molar-refractivity contribution in [2.24, 2.45) is 35.5 Å². The van der Waals surface area contributed by atoms with Gasteiger partial charge in [0.25, 0.3) is 0 Å². The number of anilines is 1. The first kappa shape index (κ1) is 42.4. The standard InChI is InChI=1S/C64H71NO/c1-3-15-47(16-4-1)56-20-9-11-22-59(56)60-23-12-10-21-57(60)49-32-39-55(40-33-49)65(53-35-28-45(29-36-53)51-27-26-44-14-7-8-19-50(44)42-51)54-37-30-46(31-38-54)52-34-41-63-62(43-52)61-25-13-24-58(64(61)66-63)48-17-5-2-6-18-48/h1-5,9-10,12-13,15,20,23-25,28,30,32-34,37-41,43,46-48,51,53,57,61-64H,6-8,11,14,16-19,21-22,26-27,29,31,35-36,42H2/t46?,47?,48?,51-,53+,57?,61?,62?,63?,64?/m1/s1. The Labute approximate surface area is 396 Å². The minimum Gasteiger partial charge on any atom is -0.365 e. The van der Waals surface area contributed by atoms with Gasteiger partial charge in [-0.05, 0) is 179 Å². The molecule has 1 aromatic carbocycles. The van der Waals surface area contributed by atoms with Crippen molar-refractivity contribution in [3.63, 3.8) is 0 Å². The topological polar surface area (TPSA) is 12.5 Å². The van der Waals surface area contributed by atoms with Crippen LogP contribution in [-0.4, -0.2) is 18.2 Å². The summed E-state index contributed by atoms with van der Waals surface area (Å²) < 4.78 is 6.88. The number of hydrogen-bond donors (Lipinski definition) is 0. The highest BCUT2D eigenvalue weighted by Gasteiger charge is 2.46. The second kappa shape index (κ2) is 19.0. The van der Waals surface area contributed by atoms with Crippen LogP contribution < -0.4 is 4.90 Å². The van der Waals surface area contributed by atoms with E-state index in [-0.39, 0.29) is 12.2 Å². The lowest BCUT2D eigenvalue weighted by Crippen LogP contribution is -2.36. The molecular weight excluding hydrogens is 799 g/mol. The molecule has 1 fully saturated rings. The summed E-state index contributed by atoms with van der Waals surface area (Å²) in [6.07, 6.45) is 73.4. The molecule has 2 nitrogen and oxygen atoms in total. The maximum Gasteiger partial charge on any atom is 0.0868 e. The van der Waals surface area contributed by atoms with E-state index in [4.69, 9.17) is 4.74 Å². The van der Waals surface area contributed by atoms with Crippen LogP contribution in [0.2, 0.25) is 0 Å². The van der Waals surface area contributed by atoms with Gasteiger partial charge in [0.1, 0.15) is 0 Å². The van der Waals surface area contributed by atoms with Crippen molar-refractivity contribution in [1.29, 1.82) is 0 Å². The lowest BCUT2D eigenvalue weighted by atomic mass is 9.72. The molecule has 1 heterocycles. The molecule has 10 aliphatic carbocycles. The third-order valence-electron chi connectivity index (χ3n) is 17.8. The summed E-state index contributed by atoms with van der Waals surface area (Å²) >= 11 is 0. The second-order valence-electron chi connectivity index (χ2n) is 21.5. The molecule has 1 saturated heterocycles. The molecule has 0 radical (unpaired) electrons. The highest BCUT2D eigenvalue weighted by molar-refractivity contribution is 5.60. The van der Waals surface area contributed by atoms with Crippen molar-refractivity contribution in [2.45, 2.75) is 140 Å². The summed E-state index contributed by atoms with van der Waals surface area (Å²) in [6.45, 7) is 0. The van der Waals surface area contributed by atoms with E-state index in [1.165, 1.54) is 110 Å². The van der Waals surface area contributed by atoms with Crippen molar-refractivity contribution < 1.29 is 4.74 Å². The van der Waals surface area contributed by atoms with E-state index < -0.39 is 0 Å². The Kier molecular flexibility index (Phi) is 12.2. The molecule has 10 atom stereocenters. The highest BCUT2D eigenvalue weighted by atomic mass is 16.5. The van der Waals surface area contributed by atoms with E-state index in [0.29, 0.717) is 41.5 Å². The number of ether oxygens (including phenoxy) is 1. The monoisotopic (exact) mass is 870 g/mol. The molecule has 1 aliphatic heterocycles. The molecule has 0 bridgehead atoms. The van der Waals surface area contributed by atoms with Gasteiger partial charge in [-0.1, -0.05) is 150 Å². The van der Waals surface area contributed by atoms with Gasteiger partial charge >= 0.3 is 0 Å². The Morgan fingerprint density at radius 2 is 1.52 bits per heavy atom. The smallest absolute Gasteiger partial charge is 0.0868 e. The molecule has 2 heteroatoms. The zero-order valence-electron chi connectivity index (χ0n) is 39.3. The highest BCUT2D eigenvalue weighted by Crippen LogP contribution is 2.49. The van der Waals surface area contributed by atoms with Crippen LogP contribution in [0.3, 0.4) is 0 Å². The van der Waals surface area contributed by atoms with Crippen molar-refractivity contribution in [3.05, 3.63) is 208 Å². The molecule has 0 spiro atoms. The number of allylic oxidation sites excluding steroid dienone is 24. The molecule has 0 saturated carbocycles. The minimum absolute atomic E-state index is 0.173. The summed E-state index contributed by atoms with van der Waals surface area (Å²) in [5.74, 6) is 3.48. The number of rotatable bonds is 9. The SMILES string of the molecule is C1=CCC(C2=C(C3=CC=CCC3c3ccc(N(C4=CCC(C5=CC6C(C=C5)OC5C(C7CC=CCC7)=CC=CC56)C=C4)[C@H]4CC=C([C@@H]5CCC6=C(CCCC6)C5)CC4)cc3)CCC=C2)C=C1. The molecule has 0 aromatic heterocycles. The molecular formula is C64H71NO. The van der Waals surface area contributed by atoms with E-state index in [0.717, 1.165) is 50.9 Å². The number of nitrogens with zero attached hydrogens (tertiary/aromatic N) is 1. The Morgan fingerprint density at radius 3 is 2.35 bits per heavy atom. The molecule has 0 N–H and O–H groups in total. The van der Waals surface area contributed by atoms with E-state index >= 15 is 0 Å². The largest absolute Gasteiger partial charge is 0.365 e. The van der Waals surface area contributed by atoms with Gasteiger partial charge in [0, 0.05) is 47.0 Å². The summed E-state index contributed by atoms with van der Waals surface area (Å²) in [4.78, 5) is 2.75. The predicted molar refractivity (Wildman–Crippen MR) is 276 cm³/mol. The molecule has 8 unspecified atom stereocenters. The molecule has 12 rings (SSSR count). The number of hydrogen-bond acceptors (Lipinski definition) is 2. The van der Waals surface area contributed by atoms with Gasteiger partial charge in [-0.25, -0.2) is 0 Å². The number of benzene rings is 1. The zero-order valence-corrected chi connectivity index (χ0v) is 39.3. The normalized spacial score (nSPS) is 34.6. The first-order valence-electron chi connectivity index (χ1n) is 26.6. The predicted octanol–water partition coefficient (Wildman–Crippen LogP) is 16.2.